The van der Waals surface area contributed by atoms with E-state index in [1.54, 1.807) is 19.2 Å². The number of hydrogen-bond donors (Lipinski definition) is 2. The van der Waals surface area contributed by atoms with Crippen molar-refractivity contribution in [1.82, 2.24) is 15.2 Å². The first-order chi connectivity index (χ1) is 19.6. The van der Waals surface area contributed by atoms with Gasteiger partial charge in [-0.3, -0.25) is 14.5 Å². The molecule has 1 amide bonds. The van der Waals surface area contributed by atoms with E-state index >= 15 is 0 Å². The molecule has 1 aromatic heterocycles. The molecule has 3 aromatic rings. The molecule has 8 heteroatoms. The van der Waals surface area contributed by atoms with Gasteiger partial charge < -0.3 is 19.9 Å². The highest BCUT2D eigenvalue weighted by Crippen LogP contribution is 2.34. The lowest BCUT2D eigenvalue weighted by Crippen LogP contribution is -2.43. The van der Waals surface area contributed by atoms with Crippen molar-refractivity contribution in [3.8, 4) is 5.75 Å². The molecule has 0 aliphatic heterocycles. The molecular weight excluding hydrogens is 536 g/mol. The molecule has 2 aromatic carbocycles. The van der Waals surface area contributed by atoms with E-state index in [0.29, 0.717) is 28.2 Å². The second kappa shape index (κ2) is 13.6. The lowest BCUT2D eigenvalue weighted by atomic mass is 9.88. The summed E-state index contributed by atoms with van der Waals surface area (Å²) in [6.45, 7) is 9.73. The standard InChI is InChI=1S/C33H43ClN4O3/c1-7-38(27-13-11-26(12-14-27)37(5)20-24-9-8-10-28(16-24)41-6)31-18-25(34)17-29(22(31)3)33(40)35-19-30-23(4)36-21(2)15-32(30)39/h8-10,15-18,26-27H,7,11-14,19-20H2,1-6H3,(H,35,40)(H,36,39). The quantitative estimate of drug-likeness (QED) is 0.301. The molecule has 0 spiro atoms. The molecule has 0 bridgehead atoms. The van der Waals surface area contributed by atoms with Crippen LogP contribution in [0.4, 0.5) is 5.69 Å². The lowest BCUT2D eigenvalue weighted by Gasteiger charge is -2.41. The van der Waals surface area contributed by atoms with E-state index in [-0.39, 0.29) is 17.9 Å². The Morgan fingerprint density at radius 1 is 1.07 bits per heavy atom. The number of halogens is 1. The fourth-order valence-corrected chi connectivity index (χ4v) is 6.39. The number of H-pyrrole nitrogens is 1. The molecule has 0 saturated heterocycles. The van der Waals surface area contributed by atoms with Crippen LogP contribution in [0.2, 0.25) is 5.02 Å². The maximum atomic E-state index is 13.3. The first-order valence-electron chi connectivity index (χ1n) is 14.5. The summed E-state index contributed by atoms with van der Waals surface area (Å²) in [5.41, 5.74) is 5.75. The second-order valence-electron chi connectivity index (χ2n) is 11.2. The van der Waals surface area contributed by atoms with Crippen LogP contribution in [0.25, 0.3) is 0 Å². The number of aromatic nitrogens is 1. The van der Waals surface area contributed by atoms with Crippen LogP contribution in [0.15, 0.2) is 47.3 Å². The average molecular weight is 579 g/mol. The van der Waals surface area contributed by atoms with E-state index in [4.69, 9.17) is 16.3 Å². The number of amides is 1. The number of nitrogens with one attached hydrogen (secondary N) is 2. The third-order valence-corrected chi connectivity index (χ3v) is 8.66. The largest absolute Gasteiger partial charge is 0.497 e. The molecule has 7 nitrogen and oxygen atoms in total. The van der Waals surface area contributed by atoms with E-state index in [1.807, 2.05) is 39.0 Å². The number of carbonyl (C=O) groups excluding carboxylic acids is 1. The maximum Gasteiger partial charge on any atom is 0.251 e. The highest BCUT2D eigenvalue weighted by Gasteiger charge is 2.29. The minimum Gasteiger partial charge on any atom is -0.497 e. The number of pyridine rings is 1. The van der Waals surface area contributed by atoms with Gasteiger partial charge in [-0.2, -0.15) is 0 Å². The normalized spacial score (nSPS) is 17.0. The average Bonchev–Trinajstić information content (AvgIpc) is 2.94. The zero-order valence-electron chi connectivity index (χ0n) is 25.1. The van der Waals surface area contributed by atoms with E-state index < -0.39 is 0 Å². The summed E-state index contributed by atoms with van der Waals surface area (Å²) < 4.78 is 5.39. The Kier molecular flexibility index (Phi) is 10.2. The van der Waals surface area contributed by atoms with E-state index in [0.717, 1.165) is 67.2 Å². The number of aromatic amines is 1. The van der Waals surface area contributed by atoms with Crippen molar-refractivity contribution in [1.29, 1.82) is 0 Å². The molecular formula is C33H43ClN4O3. The zero-order chi connectivity index (χ0) is 29.7. The van der Waals surface area contributed by atoms with Crippen molar-refractivity contribution >= 4 is 23.2 Å². The Morgan fingerprint density at radius 2 is 1.78 bits per heavy atom. The van der Waals surface area contributed by atoms with Gasteiger partial charge in [-0.25, -0.2) is 0 Å². The summed E-state index contributed by atoms with van der Waals surface area (Å²) >= 11 is 6.58. The van der Waals surface area contributed by atoms with Gasteiger partial charge in [0.15, 0.2) is 5.43 Å². The van der Waals surface area contributed by atoms with Crippen molar-refractivity contribution in [2.45, 2.75) is 78.6 Å². The Labute approximate surface area is 248 Å². The van der Waals surface area contributed by atoms with Gasteiger partial charge in [0.25, 0.3) is 5.91 Å². The molecule has 1 saturated carbocycles. The van der Waals surface area contributed by atoms with E-state index in [1.165, 1.54) is 5.56 Å². The highest BCUT2D eigenvalue weighted by atomic mass is 35.5. The van der Waals surface area contributed by atoms with Gasteiger partial charge in [-0.15, -0.1) is 0 Å². The van der Waals surface area contributed by atoms with Crippen molar-refractivity contribution in [3.05, 3.63) is 91.4 Å². The smallest absolute Gasteiger partial charge is 0.251 e. The summed E-state index contributed by atoms with van der Waals surface area (Å²) in [6, 6.07) is 14.4. The Balaban J connectivity index is 1.44. The molecule has 220 valence electrons. The Bertz CT molecular complexity index is 1430. The van der Waals surface area contributed by atoms with E-state index in [2.05, 4.69) is 46.2 Å². The van der Waals surface area contributed by atoms with Crippen molar-refractivity contribution in [3.63, 3.8) is 0 Å². The molecule has 1 aliphatic carbocycles. The predicted octanol–water partition coefficient (Wildman–Crippen LogP) is 6.16. The summed E-state index contributed by atoms with van der Waals surface area (Å²) in [6.07, 6.45) is 4.37. The van der Waals surface area contributed by atoms with Crippen LogP contribution < -0.4 is 20.4 Å². The number of ether oxygens (including phenoxy) is 1. The number of anilines is 1. The van der Waals surface area contributed by atoms with Gasteiger partial charge in [0.2, 0.25) is 0 Å². The van der Waals surface area contributed by atoms with Crippen molar-refractivity contribution < 1.29 is 9.53 Å². The number of benzene rings is 2. The van der Waals surface area contributed by atoms with Crippen LogP contribution in [0.1, 0.15) is 71.0 Å². The third kappa shape index (κ3) is 7.32. The Hall–Kier alpha value is -3.29. The lowest BCUT2D eigenvalue weighted by molar-refractivity contribution is 0.0950. The van der Waals surface area contributed by atoms with Gasteiger partial charge >= 0.3 is 0 Å². The van der Waals surface area contributed by atoms with Gasteiger partial charge in [0, 0.05) is 71.0 Å². The Morgan fingerprint density at radius 3 is 2.44 bits per heavy atom. The van der Waals surface area contributed by atoms with Crippen molar-refractivity contribution in [2.24, 2.45) is 0 Å². The SMILES string of the molecule is CCN(c1cc(Cl)cc(C(=O)NCc2c(C)[nH]c(C)cc2=O)c1C)C1CCC(N(C)Cc2cccc(OC)c2)CC1. The second-order valence-corrected chi connectivity index (χ2v) is 11.7. The van der Waals surface area contributed by atoms with E-state index in [9.17, 15) is 9.59 Å². The molecule has 1 fully saturated rings. The maximum absolute atomic E-state index is 13.3. The predicted molar refractivity (Wildman–Crippen MR) is 167 cm³/mol. The number of rotatable bonds is 10. The fraction of sp³-hybridized carbons (Fsp3) is 0.455. The number of carbonyl (C=O) groups is 1. The molecule has 1 aliphatic rings. The van der Waals surface area contributed by atoms with Gasteiger partial charge in [0.05, 0.1) is 7.11 Å². The first kappa shape index (κ1) is 30.7. The molecule has 0 radical (unpaired) electrons. The molecule has 2 N–H and O–H groups in total. The number of methoxy groups -OCH3 is 1. The molecule has 41 heavy (non-hydrogen) atoms. The minimum absolute atomic E-state index is 0.0792. The summed E-state index contributed by atoms with van der Waals surface area (Å²) in [4.78, 5) is 33.8. The number of hydrogen-bond acceptors (Lipinski definition) is 5. The fourth-order valence-electron chi connectivity index (χ4n) is 6.18. The van der Waals surface area contributed by atoms with Crippen LogP contribution in [0.5, 0.6) is 5.75 Å². The van der Waals surface area contributed by atoms with Gasteiger partial charge in [0.1, 0.15) is 5.75 Å². The third-order valence-electron chi connectivity index (χ3n) is 8.44. The molecule has 4 rings (SSSR count). The molecule has 1 heterocycles. The first-order valence-corrected chi connectivity index (χ1v) is 14.9. The topological polar surface area (TPSA) is 77.7 Å². The summed E-state index contributed by atoms with van der Waals surface area (Å²) in [5, 5.41) is 3.48. The highest BCUT2D eigenvalue weighted by molar-refractivity contribution is 6.31. The summed E-state index contributed by atoms with van der Waals surface area (Å²) in [5.74, 6) is 0.659. The van der Waals surface area contributed by atoms with Crippen LogP contribution in [-0.2, 0) is 13.1 Å². The number of nitrogens with zero attached hydrogens (tertiary/aromatic N) is 2. The molecule has 0 atom stereocenters. The van der Waals surface area contributed by atoms with Crippen LogP contribution >= 0.6 is 11.6 Å². The zero-order valence-corrected chi connectivity index (χ0v) is 25.9. The monoisotopic (exact) mass is 578 g/mol. The van der Waals surface area contributed by atoms with Gasteiger partial charge in [-0.05, 0) is 95.8 Å². The van der Waals surface area contributed by atoms with Gasteiger partial charge in [-0.1, -0.05) is 23.7 Å². The van der Waals surface area contributed by atoms with Crippen LogP contribution in [0.3, 0.4) is 0 Å². The van der Waals surface area contributed by atoms with Crippen molar-refractivity contribution in [2.75, 3.05) is 25.6 Å². The summed E-state index contributed by atoms with van der Waals surface area (Å²) in [7, 11) is 3.91. The molecule has 0 unspecified atom stereocenters. The van der Waals surface area contributed by atoms with Crippen LogP contribution in [-0.4, -0.2) is 48.6 Å². The number of aryl methyl sites for hydroxylation is 2. The van der Waals surface area contributed by atoms with Crippen LogP contribution in [0, 0.1) is 20.8 Å². The minimum atomic E-state index is -0.232.